The van der Waals surface area contributed by atoms with Crippen molar-refractivity contribution in [2.45, 2.75) is 32.1 Å². The molecular formula is C17H25N3O4. The third-order valence-corrected chi connectivity index (χ3v) is 4.09. The number of carbonyl (C=O) groups excluding carboxylic acids is 1. The normalized spacial score (nSPS) is 15.5. The van der Waals surface area contributed by atoms with Crippen molar-refractivity contribution in [1.82, 2.24) is 10.2 Å². The number of benzene rings is 1. The highest BCUT2D eigenvalue weighted by molar-refractivity contribution is 5.77. The standard InChI is InChI=1S/C17H25N3O4/c21-17(14-24-16-8-6-15(7-9-16)20(22)23)18-10-5-13-19-11-3-1-2-4-12-19/h6-9H,1-5,10-14H2,(H,18,21). The van der Waals surface area contributed by atoms with Crippen molar-refractivity contribution in [3.05, 3.63) is 34.4 Å². The predicted octanol–water partition coefficient (Wildman–Crippen LogP) is 2.36. The number of amides is 1. The number of carbonyl (C=O) groups is 1. The molecule has 2 rings (SSSR count). The molecule has 7 heteroatoms. The molecule has 7 nitrogen and oxygen atoms in total. The van der Waals surface area contributed by atoms with Gasteiger partial charge < -0.3 is 15.0 Å². The minimum Gasteiger partial charge on any atom is -0.484 e. The Morgan fingerprint density at radius 1 is 1.17 bits per heavy atom. The number of likely N-dealkylation sites (tertiary alicyclic amines) is 1. The van der Waals surface area contributed by atoms with Crippen molar-refractivity contribution < 1.29 is 14.5 Å². The number of rotatable bonds is 8. The summed E-state index contributed by atoms with van der Waals surface area (Å²) in [7, 11) is 0. The first-order valence-electron chi connectivity index (χ1n) is 8.51. The van der Waals surface area contributed by atoms with Crippen molar-refractivity contribution >= 4 is 11.6 Å². The fraction of sp³-hybridized carbons (Fsp3) is 0.588. The molecule has 0 aliphatic carbocycles. The summed E-state index contributed by atoms with van der Waals surface area (Å²) >= 11 is 0. The molecule has 1 aliphatic rings. The van der Waals surface area contributed by atoms with Crippen LogP contribution < -0.4 is 10.1 Å². The molecular weight excluding hydrogens is 310 g/mol. The van der Waals surface area contributed by atoms with E-state index in [9.17, 15) is 14.9 Å². The van der Waals surface area contributed by atoms with Gasteiger partial charge in [-0.25, -0.2) is 0 Å². The molecule has 0 saturated carbocycles. The number of nitro benzene ring substituents is 1. The zero-order valence-corrected chi connectivity index (χ0v) is 13.9. The quantitative estimate of drug-likeness (QED) is 0.448. The molecule has 132 valence electrons. The van der Waals surface area contributed by atoms with Gasteiger partial charge in [-0.2, -0.15) is 0 Å². The summed E-state index contributed by atoms with van der Waals surface area (Å²) in [5, 5.41) is 13.4. The van der Waals surface area contributed by atoms with Gasteiger partial charge in [0.2, 0.25) is 0 Å². The molecule has 1 saturated heterocycles. The van der Waals surface area contributed by atoms with Gasteiger partial charge in [-0.1, -0.05) is 12.8 Å². The molecule has 1 heterocycles. The Bertz CT molecular complexity index is 525. The van der Waals surface area contributed by atoms with Crippen molar-refractivity contribution in [2.75, 3.05) is 32.8 Å². The van der Waals surface area contributed by atoms with E-state index in [0.717, 1.165) is 26.1 Å². The first kappa shape index (κ1) is 18.2. The Hall–Kier alpha value is -2.15. The maximum absolute atomic E-state index is 11.7. The molecule has 0 unspecified atom stereocenters. The SMILES string of the molecule is O=C(COc1ccc([N+](=O)[O-])cc1)NCCCN1CCCCCC1. The molecule has 0 spiro atoms. The van der Waals surface area contributed by atoms with E-state index in [1.807, 2.05) is 0 Å². The summed E-state index contributed by atoms with van der Waals surface area (Å²) in [6, 6.07) is 5.69. The van der Waals surface area contributed by atoms with Crippen LogP contribution in [0.3, 0.4) is 0 Å². The number of hydrogen-bond acceptors (Lipinski definition) is 5. The zero-order valence-electron chi connectivity index (χ0n) is 13.9. The lowest BCUT2D eigenvalue weighted by atomic mass is 10.2. The van der Waals surface area contributed by atoms with Gasteiger partial charge in [-0.3, -0.25) is 14.9 Å². The van der Waals surface area contributed by atoms with E-state index in [-0.39, 0.29) is 18.2 Å². The molecule has 1 aromatic carbocycles. The van der Waals surface area contributed by atoms with Crippen LogP contribution in [0, 0.1) is 10.1 Å². The van der Waals surface area contributed by atoms with Crippen LogP contribution in [0.4, 0.5) is 5.69 Å². The van der Waals surface area contributed by atoms with E-state index in [1.165, 1.54) is 49.9 Å². The largest absolute Gasteiger partial charge is 0.484 e. The third kappa shape index (κ3) is 6.54. The minimum absolute atomic E-state index is 0.000291. The molecule has 1 N–H and O–H groups in total. The number of ether oxygens (including phenoxy) is 1. The number of nitrogens with one attached hydrogen (secondary N) is 1. The van der Waals surface area contributed by atoms with Gasteiger partial charge in [-0.15, -0.1) is 0 Å². The van der Waals surface area contributed by atoms with Crippen molar-refractivity contribution in [1.29, 1.82) is 0 Å². The van der Waals surface area contributed by atoms with Crippen LogP contribution in [0.25, 0.3) is 0 Å². The van der Waals surface area contributed by atoms with Gasteiger partial charge in [0.1, 0.15) is 5.75 Å². The highest BCUT2D eigenvalue weighted by atomic mass is 16.6. The lowest BCUT2D eigenvalue weighted by molar-refractivity contribution is -0.384. The van der Waals surface area contributed by atoms with Gasteiger partial charge in [-0.05, 0) is 51.0 Å². The summed E-state index contributed by atoms with van der Waals surface area (Å²) < 4.78 is 5.32. The van der Waals surface area contributed by atoms with E-state index >= 15 is 0 Å². The number of non-ortho nitro benzene ring substituents is 1. The lowest BCUT2D eigenvalue weighted by Crippen LogP contribution is -2.33. The number of nitrogens with zero attached hydrogens (tertiary/aromatic N) is 2. The topological polar surface area (TPSA) is 84.7 Å². The maximum Gasteiger partial charge on any atom is 0.269 e. The Morgan fingerprint density at radius 3 is 2.46 bits per heavy atom. The second-order valence-electron chi connectivity index (χ2n) is 6.00. The average Bonchev–Trinajstić information content (AvgIpc) is 2.86. The summed E-state index contributed by atoms with van der Waals surface area (Å²) in [5.41, 5.74) is 0.000291. The fourth-order valence-corrected chi connectivity index (χ4v) is 2.75. The molecule has 1 amide bonds. The molecule has 1 fully saturated rings. The Morgan fingerprint density at radius 2 is 1.83 bits per heavy atom. The van der Waals surface area contributed by atoms with Crippen molar-refractivity contribution in [3.8, 4) is 5.75 Å². The van der Waals surface area contributed by atoms with Crippen LogP contribution in [0.5, 0.6) is 5.75 Å². The maximum atomic E-state index is 11.7. The highest BCUT2D eigenvalue weighted by Crippen LogP contribution is 2.17. The van der Waals surface area contributed by atoms with Crippen LogP contribution in [0.15, 0.2) is 24.3 Å². The molecule has 0 radical (unpaired) electrons. The predicted molar refractivity (Wildman–Crippen MR) is 91.1 cm³/mol. The van der Waals surface area contributed by atoms with Gasteiger partial charge in [0.15, 0.2) is 6.61 Å². The fourth-order valence-electron chi connectivity index (χ4n) is 2.75. The van der Waals surface area contributed by atoms with E-state index in [4.69, 9.17) is 4.74 Å². The zero-order chi connectivity index (χ0) is 17.2. The smallest absolute Gasteiger partial charge is 0.269 e. The number of hydrogen-bond donors (Lipinski definition) is 1. The monoisotopic (exact) mass is 335 g/mol. The second-order valence-corrected chi connectivity index (χ2v) is 6.00. The van der Waals surface area contributed by atoms with Gasteiger partial charge in [0.05, 0.1) is 4.92 Å². The molecule has 0 aromatic heterocycles. The molecule has 24 heavy (non-hydrogen) atoms. The summed E-state index contributed by atoms with van der Waals surface area (Å²) in [6.45, 7) is 3.90. The first-order chi connectivity index (χ1) is 11.6. The molecule has 0 atom stereocenters. The average molecular weight is 335 g/mol. The van der Waals surface area contributed by atoms with E-state index in [2.05, 4.69) is 10.2 Å². The second kappa shape index (κ2) is 9.87. The molecule has 0 bridgehead atoms. The van der Waals surface area contributed by atoms with Crippen LogP contribution in [0.2, 0.25) is 0 Å². The van der Waals surface area contributed by atoms with E-state index < -0.39 is 4.92 Å². The summed E-state index contributed by atoms with van der Waals surface area (Å²) in [5.74, 6) is 0.268. The van der Waals surface area contributed by atoms with Crippen LogP contribution in [0.1, 0.15) is 32.1 Å². The van der Waals surface area contributed by atoms with E-state index in [1.54, 1.807) is 0 Å². The third-order valence-electron chi connectivity index (χ3n) is 4.09. The summed E-state index contributed by atoms with van der Waals surface area (Å²) in [4.78, 5) is 24.3. The van der Waals surface area contributed by atoms with Crippen molar-refractivity contribution in [2.24, 2.45) is 0 Å². The lowest BCUT2D eigenvalue weighted by Gasteiger charge is -2.19. The Kier molecular flexibility index (Phi) is 7.48. The Labute approximate surface area is 142 Å². The van der Waals surface area contributed by atoms with Crippen LogP contribution in [-0.4, -0.2) is 48.5 Å². The Balaban J connectivity index is 1.58. The van der Waals surface area contributed by atoms with Gasteiger partial charge in [0, 0.05) is 18.7 Å². The first-order valence-corrected chi connectivity index (χ1v) is 8.51. The van der Waals surface area contributed by atoms with Gasteiger partial charge >= 0.3 is 0 Å². The van der Waals surface area contributed by atoms with Crippen LogP contribution in [-0.2, 0) is 4.79 Å². The summed E-state index contributed by atoms with van der Waals surface area (Å²) in [6.07, 6.45) is 6.13. The molecule has 1 aromatic rings. The minimum atomic E-state index is -0.471. The van der Waals surface area contributed by atoms with Gasteiger partial charge in [0.25, 0.3) is 11.6 Å². The van der Waals surface area contributed by atoms with Crippen molar-refractivity contribution in [3.63, 3.8) is 0 Å². The highest BCUT2D eigenvalue weighted by Gasteiger charge is 2.09. The number of nitro groups is 1. The molecule has 1 aliphatic heterocycles. The van der Waals surface area contributed by atoms with E-state index in [0.29, 0.717) is 12.3 Å². The van der Waals surface area contributed by atoms with Crippen LogP contribution >= 0.6 is 0 Å².